The summed E-state index contributed by atoms with van der Waals surface area (Å²) in [5, 5.41) is 13.6. The molecule has 1 aromatic heterocycles. The van der Waals surface area contributed by atoms with Crippen LogP contribution in [-0.4, -0.2) is 25.2 Å². The molecule has 1 aliphatic rings. The van der Waals surface area contributed by atoms with Crippen molar-refractivity contribution in [1.82, 2.24) is 4.98 Å². The largest absolute Gasteiger partial charge is 0.871 e. The van der Waals surface area contributed by atoms with E-state index in [1.165, 1.54) is 17.7 Å². The molecule has 4 heteroatoms. The van der Waals surface area contributed by atoms with E-state index in [4.69, 9.17) is 4.74 Å². The number of pyridine rings is 1. The maximum absolute atomic E-state index is 12.7. The summed E-state index contributed by atoms with van der Waals surface area (Å²) in [6, 6.07) is 5.86. The lowest BCUT2D eigenvalue weighted by atomic mass is 9.98. The van der Waals surface area contributed by atoms with Crippen molar-refractivity contribution in [2.45, 2.75) is 32.9 Å². The van der Waals surface area contributed by atoms with Gasteiger partial charge in [0.2, 0.25) is 0 Å². The number of likely N-dealkylation sites (tertiary alicyclic amines) is 1. The molecule has 1 aromatic carbocycles. The van der Waals surface area contributed by atoms with Gasteiger partial charge in [-0.1, -0.05) is 18.7 Å². The summed E-state index contributed by atoms with van der Waals surface area (Å²) in [5.41, 5.74) is 2.52. The number of quaternary nitrogens is 1. The summed E-state index contributed by atoms with van der Waals surface area (Å²) < 4.78 is 5.30. The minimum atomic E-state index is 0.0848. The lowest BCUT2D eigenvalue weighted by Crippen LogP contribution is -3.11. The molecule has 0 unspecified atom stereocenters. The molecule has 1 N–H and O–H groups in total. The Hall–Kier alpha value is -1.65. The topological polar surface area (TPSA) is 49.6 Å². The first kappa shape index (κ1) is 15.3. The Morgan fingerprint density at radius 1 is 1.32 bits per heavy atom. The first-order valence-corrected chi connectivity index (χ1v) is 8.08. The summed E-state index contributed by atoms with van der Waals surface area (Å²) in [7, 11) is 1.68. The number of piperidine rings is 1. The second-order valence-corrected chi connectivity index (χ2v) is 6.47. The molecule has 0 spiro atoms. The highest BCUT2D eigenvalue weighted by Gasteiger charge is 2.20. The SMILES string of the molecule is COCc1cc(C[NH+]2CCC(C)CC2)c([O-])c2ncccc12. The second-order valence-electron chi connectivity index (χ2n) is 6.47. The fraction of sp³-hybridized carbons (Fsp3) is 0.500. The highest BCUT2D eigenvalue weighted by atomic mass is 16.5. The van der Waals surface area contributed by atoms with Gasteiger partial charge in [-0.25, -0.2) is 0 Å². The van der Waals surface area contributed by atoms with Crippen LogP contribution in [0.2, 0.25) is 0 Å². The molecule has 0 amide bonds. The van der Waals surface area contributed by atoms with Crippen LogP contribution in [0.4, 0.5) is 0 Å². The molecule has 1 saturated heterocycles. The van der Waals surface area contributed by atoms with E-state index in [-0.39, 0.29) is 5.75 Å². The van der Waals surface area contributed by atoms with Crippen molar-refractivity contribution in [3.05, 3.63) is 35.5 Å². The Bertz CT molecular complexity index is 649. The van der Waals surface area contributed by atoms with E-state index in [1.54, 1.807) is 13.3 Å². The molecule has 22 heavy (non-hydrogen) atoms. The minimum absolute atomic E-state index is 0.0848. The van der Waals surface area contributed by atoms with Gasteiger partial charge in [0.15, 0.2) is 0 Å². The highest BCUT2D eigenvalue weighted by Crippen LogP contribution is 2.28. The van der Waals surface area contributed by atoms with Crippen LogP contribution >= 0.6 is 0 Å². The van der Waals surface area contributed by atoms with Gasteiger partial charge in [0.25, 0.3) is 0 Å². The quantitative estimate of drug-likeness (QED) is 0.925. The van der Waals surface area contributed by atoms with Gasteiger partial charge in [0.1, 0.15) is 6.54 Å². The van der Waals surface area contributed by atoms with Crippen molar-refractivity contribution >= 4 is 10.9 Å². The lowest BCUT2D eigenvalue weighted by Gasteiger charge is -2.29. The summed E-state index contributed by atoms with van der Waals surface area (Å²) in [6.45, 7) is 5.93. The molecule has 118 valence electrons. The summed E-state index contributed by atoms with van der Waals surface area (Å²) in [4.78, 5) is 5.82. The number of hydrogen-bond acceptors (Lipinski definition) is 3. The van der Waals surface area contributed by atoms with Crippen molar-refractivity contribution in [2.24, 2.45) is 5.92 Å². The summed E-state index contributed by atoms with van der Waals surface area (Å²) in [6.07, 6.45) is 4.19. The maximum atomic E-state index is 12.7. The zero-order valence-corrected chi connectivity index (χ0v) is 13.4. The van der Waals surface area contributed by atoms with Gasteiger partial charge in [-0.2, -0.15) is 0 Å². The summed E-state index contributed by atoms with van der Waals surface area (Å²) >= 11 is 0. The Kier molecular flexibility index (Phi) is 4.60. The molecule has 0 saturated carbocycles. The van der Waals surface area contributed by atoms with E-state index in [0.717, 1.165) is 42.1 Å². The molecule has 2 aromatic rings. The average molecular weight is 300 g/mol. The van der Waals surface area contributed by atoms with Crippen molar-refractivity contribution in [2.75, 3.05) is 20.2 Å². The molecule has 1 fully saturated rings. The van der Waals surface area contributed by atoms with E-state index in [1.807, 2.05) is 18.2 Å². The van der Waals surface area contributed by atoms with E-state index in [9.17, 15) is 5.11 Å². The van der Waals surface area contributed by atoms with Gasteiger partial charge >= 0.3 is 0 Å². The van der Waals surface area contributed by atoms with Crippen LogP contribution in [0.15, 0.2) is 24.4 Å². The normalized spacial score (nSPS) is 22.1. The zero-order valence-electron chi connectivity index (χ0n) is 13.4. The third-order valence-electron chi connectivity index (χ3n) is 4.73. The minimum Gasteiger partial charge on any atom is -0.871 e. The Balaban J connectivity index is 1.93. The molecule has 0 aliphatic carbocycles. The van der Waals surface area contributed by atoms with Crippen LogP contribution in [0.1, 0.15) is 30.9 Å². The van der Waals surface area contributed by atoms with Crippen LogP contribution < -0.4 is 10.0 Å². The fourth-order valence-electron chi connectivity index (χ4n) is 3.37. The number of nitrogens with one attached hydrogen (secondary N) is 1. The number of fused-ring (bicyclic) bond motifs is 1. The van der Waals surface area contributed by atoms with Crippen LogP contribution in [0.5, 0.6) is 5.75 Å². The molecule has 4 nitrogen and oxygen atoms in total. The van der Waals surface area contributed by atoms with E-state index >= 15 is 0 Å². The van der Waals surface area contributed by atoms with Gasteiger partial charge in [-0.05, 0) is 36.5 Å². The van der Waals surface area contributed by atoms with Crippen LogP contribution in [0.25, 0.3) is 10.9 Å². The molecular weight excluding hydrogens is 276 g/mol. The molecule has 0 bridgehead atoms. The van der Waals surface area contributed by atoms with Gasteiger partial charge in [0, 0.05) is 24.3 Å². The number of benzene rings is 1. The second kappa shape index (κ2) is 6.63. The number of hydrogen-bond donors (Lipinski definition) is 1. The number of nitrogens with zero attached hydrogens (tertiary/aromatic N) is 1. The first-order chi connectivity index (χ1) is 10.7. The van der Waals surface area contributed by atoms with Crippen molar-refractivity contribution < 1.29 is 14.7 Å². The van der Waals surface area contributed by atoms with Crippen LogP contribution in [0.3, 0.4) is 0 Å². The van der Waals surface area contributed by atoms with E-state index in [0.29, 0.717) is 12.1 Å². The fourth-order valence-corrected chi connectivity index (χ4v) is 3.37. The van der Waals surface area contributed by atoms with Gasteiger partial charge in [0.05, 0.1) is 25.2 Å². The monoisotopic (exact) mass is 300 g/mol. The predicted octanol–water partition coefficient (Wildman–Crippen LogP) is 1.27. The Morgan fingerprint density at radius 3 is 2.82 bits per heavy atom. The molecule has 0 atom stereocenters. The van der Waals surface area contributed by atoms with Crippen molar-refractivity contribution in [3.8, 4) is 5.75 Å². The van der Waals surface area contributed by atoms with Gasteiger partial charge in [-0.15, -0.1) is 0 Å². The third kappa shape index (κ3) is 3.08. The standard InChI is InChI=1S/C18H24N2O2/c1-13-5-8-20(9-6-13)11-14-10-15(12-22-2)16-4-3-7-19-17(16)18(14)21/h3-4,7,10,13,21H,5-6,8-9,11-12H2,1-2H3. The van der Waals surface area contributed by atoms with Crippen molar-refractivity contribution in [1.29, 1.82) is 0 Å². The van der Waals surface area contributed by atoms with Crippen LogP contribution in [-0.2, 0) is 17.9 Å². The zero-order chi connectivity index (χ0) is 15.5. The first-order valence-electron chi connectivity index (χ1n) is 8.08. The number of aromatic nitrogens is 1. The lowest BCUT2D eigenvalue weighted by molar-refractivity contribution is -0.919. The Morgan fingerprint density at radius 2 is 2.09 bits per heavy atom. The molecule has 3 rings (SSSR count). The predicted molar refractivity (Wildman–Crippen MR) is 84.7 cm³/mol. The molecule has 0 radical (unpaired) electrons. The van der Waals surface area contributed by atoms with Gasteiger partial charge in [-0.3, -0.25) is 4.98 Å². The van der Waals surface area contributed by atoms with Crippen LogP contribution in [0, 0.1) is 5.92 Å². The third-order valence-corrected chi connectivity index (χ3v) is 4.73. The molecule has 2 heterocycles. The number of ether oxygens (including phenoxy) is 1. The number of rotatable bonds is 4. The number of methoxy groups -OCH3 is 1. The van der Waals surface area contributed by atoms with E-state index < -0.39 is 0 Å². The van der Waals surface area contributed by atoms with E-state index in [2.05, 4.69) is 11.9 Å². The molecule has 1 aliphatic heterocycles. The highest BCUT2D eigenvalue weighted by molar-refractivity contribution is 5.88. The smallest absolute Gasteiger partial charge is 0.102 e. The summed E-state index contributed by atoms with van der Waals surface area (Å²) in [5.74, 6) is 0.902. The maximum Gasteiger partial charge on any atom is 0.102 e. The average Bonchev–Trinajstić information content (AvgIpc) is 2.54. The Labute approximate surface area is 131 Å². The van der Waals surface area contributed by atoms with Gasteiger partial charge < -0.3 is 14.7 Å². The van der Waals surface area contributed by atoms with Crippen molar-refractivity contribution in [3.63, 3.8) is 0 Å². The molecular formula is C18H24N2O2.